The molecule has 0 spiro atoms. The molecule has 1 N–H and O–H groups in total. The Hall–Kier alpha value is -1.69. The summed E-state index contributed by atoms with van der Waals surface area (Å²) in [4.78, 5) is 4.60. The van der Waals surface area contributed by atoms with Crippen LogP contribution in [-0.2, 0) is 13.0 Å². The molecule has 0 aliphatic carbocycles. The Balaban J connectivity index is 1.37. The smallest absolute Gasteiger partial charge is 0.169 e. The Bertz CT molecular complexity index is 713. The normalized spacial score (nSPS) is 15.1. The van der Waals surface area contributed by atoms with E-state index in [2.05, 4.69) is 15.1 Å². The number of hydrogen-bond donors (Lipinski definition) is 1. The Morgan fingerprint density at radius 2 is 1.58 bits per heavy atom. The Morgan fingerprint density at radius 3 is 2.23 bits per heavy atom. The number of benzene rings is 2. The zero-order valence-electron chi connectivity index (χ0n) is 14.6. The van der Waals surface area contributed by atoms with Gasteiger partial charge < -0.3 is 10.2 Å². The van der Waals surface area contributed by atoms with E-state index in [1.54, 1.807) is 0 Å². The van der Waals surface area contributed by atoms with Crippen molar-refractivity contribution in [2.24, 2.45) is 0 Å². The second-order valence-electron chi connectivity index (χ2n) is 6.50. The average Bonchev–Trinajstić information content (AvgIpc) is 2.66. The van der Waals surface area contributed by atoms with Gasteiger partial charge in [0.25, 0.3) is 0 Å². The molecule has 1 aliphatic heterocycles. The number of nitrogens with one attached hydrogen (secondary N) is 1. The fourth-order valence-electron chi connectivity index (χ4n) is 3.03. The monoisotopic (exact) mass is 391 g/mol. The first kappa shape index (κ1) is 19.1. The van der Waals surface area contributed by atoms with Crippen LogP contribution >= 0.6 is 23.8 Å². The van der Waals surface area contributed by atoms with Gasteiger partial charge in [-0.1, -0.05) is 35.9 Å². The van der Waals surface area contributed by atoms with Gasteiger partial charge in [0.15, 0.2) is 5.11 Å². The van der Waals surface area contributed by atoms with Gasteiger partial charge in [0.05, 0.1) is 0 Å². The van der Waals surface area contributed by atoms with E-state index in [9.17, 15) is 4.39 Å². The fraction of sp³-hybridized carbons (Fsp3) is 0.350. The molecule has 0 atom stereocenters. The lowest BCUT2D eigenvalue weighted by Gasteiger charge is -2.36. The van der Waals surface area contributed by atoms with Crippen molar-refractivity contribution >= 4 is 28.9 Å². The van der Waals surface area contributed by atoms with Gasteiger partial charge in [0, 0.05) is 44.3 Å². The molecular weight excluding hydrogens is 369 g/mol. The van der Waals surface area contributed by atoms with Crippen molar-refractivity contribution < 1.29 is 4.39 Å². The van der Waals surface area contributed by atoms with Gasteiger partial charge in [-0.3, -0.25) is 4.90 Å². The van der Waals surface area contributed by atoms with Crippen molar-refractivity contribution in [1.82, 2.24) is 15.1 Å². The Morgan fingerprint density at radius 1 is 0.962 bits per heavy atom. The van der Waals surface area contributed by atoms with E-state index in [1.165, 1.54) is 17.7 Å². The maximum Gasteiger partial charge on any atom is 0.169 e. The molecule has 2 aromatic carbocycles. The van der Waals surface area contributed by atoms with Crippen molar-refractivity contribution in [1.29, 1.82) is 0 Å². The van der Waals surface area contributed by atoms with Crippen molar-refractivity contribution in [3.63, 3.8) is 0 Å². The number of hydrogen-bond acceptors (Lipinski definition) is 2. The minimum atomic E-state index is -0.186. The number of halogens is 2. The molecule has 1 heterocycles. The first-order chi connectivity index (χ1) is 12.6. The van der Waals surface area contributed by atoms with Gasteiger partial charge in [-0.2, -0.15) is 0 Å². The van der Waals surface area contributed by atoms with Gasteiger partial charge in [-0.05, 0) is 54.0 Å². The predicted octanol–water partition coefficient (Wildman–Crippen LogP) is 3.71. The number of piperazine rings is 1. The summed E-state index contributed by atoms with van der Waals surface area (Å²) in [6, 6.07) is 14.7. The van der Waals surface area contributed by atoms with Crippen LogP contribution in [0.25, 0.3) is 0 Å². The SMILES string of the molecule is Fc1ccc(CN2CCN(C(=S)NCCc3ccc(Cl)cc3)CC2)cc1. The third kappa shape index (κ3) is 5.66. The fourth-order valence-corrected chi connectivity index (χ4v) is 3.44. The molecule has 2 aromatic rings. The van der Waals surface area contributed by atoms with Crippen LogP contribution < -0.4 is 5.32 Å². The number of nitrogens with zero attached hydrogens (tertiary/aromatic N) is 2. The van der Waals surface area contributed by atoms with Gasteiger partial charge in [0.2, 0.25) is 0 Å². The molecule has 0 aromatic heterocycles. The summed E-state index contributed by atoms with van der Waals surface area (Å²) in [5.41, 5.74) is 2.39. The van der Waals surface area contributed by atoms with Crippen molar-refractivity contribution in [3.8, 4) is 0 Å². The predicted molar refractivity (Wildman–Crippen MR) is 109 cm³/mol. The summed E-state index contributed by atoms with van der Waals surface area (Å²) in [6.45, 7) is 5.40. The first-order valence-corrected chi connectivity index (χ1v) is 9.63. The molecule has 3 nitrogen and oxygen atoms in total. The standard InChI is InChI=1S/C20H23ClFN3S/c21-18-5-1-16(2-6-18)9-10-23-20(26)25-13-11-24(12-14-25)15-17-3-7-19(22)8-4-17/h1-8H,9-15H2,(H,23,26). The van der Waals surface area contributed by atoms with E-state index in [0.29, 0.717) is 0 Å². The van der Waals surface area contributed by atoms with Gasteiger partial charge in [0.1, 0.15) is 5.82 Å². The van der Waals surface area contributed by atoms with Crippen LogP contribution in [0.1, 0.15) is 11.1 Å². The highest BCUT2D eigenvalue weighted by atomic mass is 35.5. The van der Waals surface area contributed by atoms with Gasteiger partial charge >= 0.3 is 0 Å². The molecule has 138 valence electrons. The van der Waals surface area contributed by atoms with Crippen molar-refractivity contribution in [2.75, 3.05) is 32.7 Å². The van der Waals surface area contributed by atoms with Crippen molar-refractivity contribution in [2.45, 2.75) is 13.0 Å². The lowest BCUT2D eigenvalue weighted by Crippen LogP contribution is -2.51. The zero-order chi connectivity index (χ0) is 18.4. The third-order valence-corrected chi connectivity index (χ3v) is 5.24. The van der Waals surface area contributed by atoms with Crippen LogP contribution in [0.4, 0.5) is 4.39 Å². The topological polar surface area (TPSA) is 18.5 Å². The molecule has 1 aliphatic rings. The largest absolute Gasteiger partial charge is 0.362 e. The molecule has 0 radical (unpaired) electrons. The van der Waals surface area contributed by atoms with E-state index in [4.69, 9.17) is 23.8 Å². The van der Waals surface area contributed by atoms with Crippen LogP contribution in [0.2, 0.25) is 5.02 Å². The maximum atomic E-state index is 13.0. The van der Waals surface area contributed by atoms with E-state index >= 15 is 0 Å². The lowest BCUT2D eigenvalue weighted by atomic mass is 10.1. The lowest BCUT2D eigenvalue weighted by molar-refractivity contribution is 0.174. The highest BCUT2D eigenvalue weighted by Crippen LogP contribution is 2.11. The highest BCUT2D eigenvalue weighted by Gasteiger charge is 2.18. The van der Waals surface area contributed by atoms with E-state index in [0.717, 1.165) is 61.4 Å². The maximum absolute atomic E-state index is 13.0. The molecule has 0 amide bonds. The van der Waals surface area contributed by atoms with E-state index < -0.39 is 0 Å². The number of rotatable bonds is 5. The molecule has 6 heteroatoms. The molecule has 3 rings (SSSR count). The van der Waals surface area contributed by atoms with Crippen LogP contribution in [0.5, 0.6) is 0 Å². The minimum Gasteiger partial charge on any atom is -0.362 e. The summed E-state index contributed by atoms with van der Waals surface area (Å²) in [5, 5.41) is 4.93. The molecular formula is C20H23ClFN3S. The summed E-state index contributed by atoms with van der Waals surface area (Å²) in [5.74, 6) is -0.186. The second-order valence-corrected chi connectivity index (χ2v) is 7.32. The van der Waals surface area contributed by atoms with Crippen LogP contribution in [0.15, 0.2) is 48.5 Å². The van der Waals surface area contributed by atoms with Gasteiger partial charge in [-0.25, -0.2) is 4.39 Å². The quantitative estimate of drug-likeness (QED) is 0.783. The summed E-state index contributed by atoms with van der Waals surface area (Å²) in [7, 11) is 0. The first-order valence-electron chi connectivity index (χ1n) is 8.84. The molecule has 1 saturated heterocycles. The van der Waals surface area contributed by atoms with Crippen LogP contribution in [-0.4, -0.2) is 47.6 Å². The Kier molecular flexibility index (Phi) is 6.83. The molecule has 0 unspecified atom stereocenters. The van der Waals surface area contributed by atoms with Crippen molar-refractivity contribution in [3.05, 3.63) is 70.5 Å². The summed E-state index contributed by atoms with van der Waals surface area (Å²) < 4.78 is 13.0. The van der Waals surface area contributed by atoms with Gasteiger partial charge in [-0.15, -0.1) is 0 Å². The zero-order valence-corrected chi connectivity index (χ0v) is 16.2. The van der Waals surface area contributed by atoms with E-state index in [-0.39, 0.29) is 5.82 Å². The second kappa shape index (κ2) is 9.31. The average molecular weight is 392 g/mol. The molecule has 0 bridgehead atoms. The van der Waals surface area contributed by atoms with Crippen LogP contribution in [0, 0.1) is 5.82 Å². The highest BCUT2D eigenvalue weighted by molar-refractivity contribution is 7.80. The van der Waals surface area contributed by atoms with Crippen LogP contribution in [0.3, 0.4) is 0 Å². The summed E-state index contributed by atoms with van der Waals surface area (Å²) in [6.07, 6.45) is 0.918. The minimum absolute atomic E-state index is 0.186. The molecule has 26 heavy (non-hydrogen) atoms. The Labute approximate surface area is 164 Å². The molecule has 1 fully saturated rings. The third-order valence-electron chi connectivity index (χ3n) is 4.58. The molecule has 0 saturated carbocycles. The summed E-state index contributed by atoms with van der Waals surface area (Å²) >= 11 is 11.4. The number of thiocarbonyl (C=S) groups is 1. The van der Waals surface area contributed by atoms with E-state index in [1.807, 2.05) is 36.4 Å².